The predicted molar refractivity (Wildman–Crippen MR) is 111 cm³/mol. The lowest BCUT2D eigenvalue weighted by Crippen LogP contribution is -3.00. The van der Waals surface area contributed by atoms with Crippen LogP contribution in [0.3, 0.4) is 0 Å². The van der Waals surface area contributed by atoms with E-state index in [9.17, 15) is 4.79 Å². The average molecular weight is 424 g/mol. The zero-order valence-electron chi connectivity index (χ0n) is 16.1. The van der Waals surface area contributed by atoms with Gasteiger partial charge in [0.25, 0.3) is 0 Å². The van der Waals surface area contributed by atoms with Gasteiger partial charge in [-0.3, -0.25) is 9.89 Å². The molecule has 29 heavy (non-hydrogen) atoms. The van der Waals surface area contributed by atoms with Crippen molar-refractivity contribution < 1.29 is 21.8 Å². The van der Waals surface area contributed by atoms with Crippen molar-refractivity contribution in [3.8, 4) is 11.3 Å². The highest BCUT2D eigenvalue weighted by atomic mass is 35.5. The van der Waals surface area contributed by atoms with E-state index in [0.717, 1.165) is 39.5 Å². The monoisotopic (exact) mass is 423 g/mol. The third-order valence-corrected chi connectivity index (χ3v) is 5.69. The van der Waals surface area contributed by atoms with Crippen molar-refractivity contribution in [2.45, 2.75) is 26.3 Å². The van der Waals surface area contributed by atoms with E-state index in [0.29, 0.717) is 6.54 Å². The largest absolute Gasteiger partial charge is 1.00 e. The summed E-state index contributed by atoms with van der Waals surface area (Å²) in [5, 5.41) is 7.60. The molecular weight excluding hydrogens is 402 g/mol. The third-order valence-electron chi connectivity index (χ3n) is 4.65. The van der Waals surface area contributed by atoms with E-state index in [1.807, 2.05) is 54.2 Å². The Bertz CT molecular complexity index is 1090. The van der Waals surface area contributed by atoms with Gasteiger partial charge < -0.3 is 12.4 Å². The molecule has 0 aliphatic heterocycles. The first-order valence-corrected chi connectivity index (χ1v) is 10.2. The molecule has 0 spiro atoms. The van der Waals surface area contributed by atoms with Crippen LogP contribution in [0.4, 0.5) is 0 Å². The molecule has 0 fully saturated rings. The molecule has 3 heterocycles. The predicted octanol–water partition coefficient (Wildman–Crippen LogP) is 1.41. The number of aromatic nitrogens is 3. The van der Waals surface area contributed by atoms with Crippen molar-refractivity contribution in [2.75, 3.05) is 0 Å². The summed E-state index contributed by atoms with van der Waals surface area (Å²) in [6, 6.07) is 20.4. The van der Waals surface area contributed by atoms with Crippen molar-refractivity contribution in [3.05, 3.63) is 94.1 Å². The molecule has 0 saturated carbocycles. The maximum Gasteiger partial charge on any atom is 0.237 e. The van der Waals surface area contributed by atoms with Gasteiger partial charge in [-0.1, -0.05) is 30.3 Å². The number of nitrogens with zero attached hydrogens (tertiary/aromatic N) is 2. The second-order valence-electron chi connectivity index (χ2n) is 6.86. The Morgan fingerprint density at radius 1 is 1.07 bits per heavy atom. The van der Waals surface area contributed by atoms with Crippen molar-refractivity contribution in [2.24, 2.45) is 0 Å². The highest BCUT2D eigenvalue weighted by Gasteiger charge is 2.15. The minimum atomic E-state index is 0. The van der Waals surface area contributed by atoms with E-state index >= 15 is 0 Å². The number of hydrogen-bond acceptors (Lipinski definition) is 3. The van der Waals surface area contributed by atoms with Crippen LogP contribution in [-0.4, -0.2) is 16.0 Å². The number of nitrogens with one attached hydrogen (secondary N) is 1. The number of H-pyrrole nitrogens is 1. The number of aromatic amines is 1. The molecule has 0 atom stereocenters. The molecule has 0 unspecified atom stereocenters. The fraction of sp³-hybridized carbons (Fsp3) is 0.174. The highest BCUT2D eigenvalue weighted by molar-refractivity contribution is 7.13. The first-order valence-electron chi connectivity index (χ1n) is 9.35. The van der Waals surface area contributed by atoms with E-state index in [4.69, 9.17) is 0 Å². The zero-order chi connectivity index (χ0) is 19.3. The summed E-state index contributed by atoms with van der Waals surface area (Å²) in [7, 11) is 0. The van der Waals surface area contributed by atoms with Gasteiger partial charge in [-0.25, -0.2) is 0 Å². The Balaban J connectivity index is 0.00000240. The van der Waals surface area contributed by atoms with Crippen molar-refractivity contribution in [1.29, 1.82) is 0 Å². The van der Waals surface area contributed by atoms with Gasteiger partial charge in [-0.05, 0) is 49.6 Å². The quantitative estimate of drug-likeness (QED) is 0.361. The first kappa shape index (κ1) is 21.0. The Morgan fingerprint density at radius 2 is 1.90 bits per heavy atom. The number of carbonyl (C=O) groups excluding carboxylic acids is 1. The normalized spacial score (nSPS) is 10.5. The molecule has 0 bridgehead atoms. The summed E-state index contributed by atoms with van der Waals surface area (Å²) in [5.74, 6) is 0.130. The van der Waals surface area contributed by atoms with Crippen LogP contribution in [0.2, 0.25) is 0 Å². The van der Waals surface area contributed by atoms with E-state index in [1.54, 1.807) is 11.3 Å². The Morgan fingerprint density at radius 3 is 2.66 bits per heavy atom. The number of halogens is 1. The Labute approximate surface area is 180 Å². The van der Waals surface area contributed by atoms with Gasteiger partial charge in [0.2, 0.25) is 12.3 Å². The molecule has 0 aliphatic rings. The minimum absolute atomic E-state index is 0. The van der Waals surface area contributed by atoms with Gasteiger partial charge in [-0.2, -0.15) is 9.67 Å². The second kappa shape index (κ2) is 9.63. The van der Waals surface area contributed by atoms with Gasteiger partial charge >= 0.3 is 0 Å². The topological polar surface area (TPSA) is 49.6 Å². The molecular formula is C23H22ClN3OS. The molecule has 148 valence electrons. The van der Waals surface area contributed by atoms with Crippen molar-refractivity contribution >= 4 is 17.1 Å². The van der Waals surface area contributed by atoms with E-state index < -0.39 is 0 Å². The SMILES string of the molecule is Cc1ccc(C(=O)C[n+]2cccc(-c3cc(CCc4ccccc4)[nH]n3)c2)s1.[Cl-]. The van der Waals surface area contributed by atoms with E-state index in [2.05, 4.69) is 40.5 Å². The van der Waals surface area contributed by atoms with Crippen LogP contribution in [-0.2, 0) is 19.4 Å². The van der Waals surface area contributed by atoms with E-state index in [1.165, 1.54) is 5.56 Å². The lowest BCUT2D eigenvalue weighted by atomic mass is 10.1. The number of Topliss-reactive ketones (excluding diaryl/α,β-unsaturated/α-hetero) is 1. The molecule has 0 amide bonds. The molecule has 4 rings (SSSR count). The van der Waals surface area contributed by atoms with Gasteiger partial charge in [-0.15, -0.1) is 11.3 Å². The molecule has 1 N–H and O–H groups in total. The number of ketones is 1. The number of thiophene rings is 1. The van der Waals surface area contributed by atoms with Crippen LogP contribution < -0.4 is 17.0 Å². The number of rotatable bonds is 7. The summed E-state index contributed by atoms with van der Waals surface area (Å²) < 4.78 is 1.92. The smallest absolute Gasteiger partial charge is 0.237 e. The Hall–Kier alpha value is -2.76. The molecule has 3 aromatic heterocycles. The maximum absolute atomic E-state index is 12.5. The van der Waals surface area contributed by atoms with Crippen LogP contribution in [0, 0.1) is 6.92 Å². The fourth-order valence-electron chi connectivity index (χ4n) is 3.16. The van der Waals surface area contributed by atoms with Crippen LogP contribution in [0.25, 0.3) is 11.3 Å². The van der Waals surface area contributed by atoms with Crippen molar-refractivity contribution in [3.63, 3.8) is 0 Å². The highest BCUT2D eigenvalue weighted by Crippen LogP contribution is 2.18. The lowest BCUT2D eigenvalue weighted by molar-refractivity contribution is -0.682. The molecule has 4 nitrogen and oxygen atoms in total. The molecule has 6 heteroatoms. The van der Waals surface area contributed by atoms with Crippen LogP contribution in [0.5, 0.6) is 0 Å². The van der Waals surface area contributed by atoms with Crippen LogP contribution in [0.15, 0.2) is 73.1 Å². The fourth-order valence-corrected chi connectivity index (χ4v) is 3.96. The number of pyridine rings is 1. The lowest BCUT2D eigenvalue weighted by Gasteiger charge is -1.99. The van der Waals surface area contributed by atoms with Gasteiger partial charge in [0.05, 0.1) is 16.1 Å². The molecule has 1 aromatic carbocycles. The summed E-state index contributed by atoms with van der Waals surface area (Å²) in [4.78, 5) is 14.4. The Kier molecular flexibility index (Phi) is 6.96. The van der Waals surface area contributed by atoms with Gasteiger partial charge in [0, 0.05) is 16.6 Å². The summed E-state index contributed by atoms with van der Waals surface area (Å²) in [5.41, 5.74) is 4.33. The van der Waals surface area contributed by atoms with Gasteiger partial charge in [0.15, 0.2) is 12.4 Å². The number of carbonyl (C=O) groups is 1. The number of hydrogen-bond donors (Lipinski definition) is 1. The average Bonchev–Trinajstić information content (AvgIpc) is 3.37. The molecule has 0 saturated heterocycles. The summed E-state index contributed by atoms with van der Waals surface area (Å²) >= 11 is 1.54. The third kappa shape index (κ3) is 5.40. The van der Waals surface area contributed by atoms with Gasteiger partial charge in [0.1, 0.15) is 0 Å². The van der Waals surface area contributed by atoms with Crippen LogP contribution in [0.1, 0.15) is 25.8 Å². The van der Waals surface area contributed by atoms with Crippen LogP contribution >= 0.6 is 11.3 Å². The standard InChI is InChI=1S/C23H22N3OS.ClH/c1-17-9-12-23(28-17)22(27)16-26-13-5-8-19(15-26)21-14-20(24-25-21)11-10-18-6-3-2-4-7-18;/h2-9,12-15H,10-11,16H2,1H3,(H,24,25);1H/q+1;/p-1. The van der Waals surface area contributed by atoms with E-state index in [-0.39, 0.29) is 18.2 Å². The minimum Gasteiger partial charge on any atom is -1.00 e. The molecule has 0 radical (unpaired) electrons. The summed E-state index contributed by atoms with van der Waals surface area (Å²) in [6.07, 6.45) is 5.80. The van der Waals surface area contributed by atoms with Crippen molar-refractivity contribution in [1.82, 2.24) is 10.2 Å². The number of benzene rings is 1. The number of aryl methyl sites for hydroxylation is 3. The molecule has 4 aromatic rings. The maximum atomic E-state index is 12.5. The first-order chi connectivity index (χ1) is 13.7. The molecule has 0 aliphatic carbocycles. The second-order valence-corrected chi connectivity index (χ2v) is 8.15. The summed E-state index contributed by atoms with van der Waals surface area (Å²) in [6.45, 7) is 2.35. The zero-order valence-corrected chi connectivity index (χ0v) is 17.7.